The fourth-order valence-electron chi connectivity index (χ4n) is 5.61. The van der Waals surface area contributed by atoms with Gasteiger partial charge >= 0.3 is 6.03 Å². The Bertz CT molecular complexity index is 2090. The number of benzene rings is 4. The molecule has 252 valence electrons. The predicted molar refractivity (Wildman–Crippen MR) is 190 cm³/mol. The lowest BCUT2D eigenvalue weighted by molar-refractivity contribution is 0.199. The number of aromatic nitrogens is 4. The summed E-state index contributed by atoms with van der Waals surface area (Å²) in [7, 11) is 5.23. The molecule has 0 unspecified atom stereocenters. The van der Waals surface area contributed by atoms with Gasteiger partial charge in [0, 0.05) is 43.1 Å². The van der Waals surface area contributed by atoms with Crippen molar-refractivity contribution in [3.63, 3.8) is 0 Å². The first-order chi connectivity index (χ1) is 23.4. The minimum absolute atomic E-state index is 0.0717. The Balaban J connectivity index is 1.37. The van der Waals surface area contributed by atoms with E-state index in [-0.39, 0.29) is 24.5 Å². The fraction of sp³-hybridized carbons (Fsp3) is 0.256. The molecule has 0 radical (unpaired) electrons. The van der Waals surface area contributed by atoms with Crippen LogP contribution in [0.4, 0.5) is 15.0 Å². The number of hydrogen-bond acceptors (Lipinski definition) is 5. The van der Waals surface area contributed by atoms with Crippen LogP contribution in [0, 0.1) is 12.7 Å². The maximum absolute atomic E-state index is 14.9. The summed E-state index contributed by atoms with van der Waals surface area (Å²) in [6.45, 7) is 8.62. The van der Waals surface area contributed by atoms with Crippen LogP contribution in [0.2, 0.25) is 0 Å². The molecule has 0 saturated carbocycles. The summed E-state index contributed by atoms with van der Waals surface area (Å²) < 4.78 is 30.1. The number of hydrogen-bond donors (Lipinski definition) is 0. The van der Waals surface area contributed by atoms with Crippen molar-refractivity contribution in [2.24, 2.45) is 7.05 Å². The molecule has 0 bridgehead atoms. The average molecular weight is 661 g/mol. The maximum atomic E-state index is 14.9. The van der Waals surface area contributed by atoms with Crippen molar-refractivity contribution in [1.82, 2.24) is 24.5 Å². The number of methoxy groups -OCH3 is 1. The number of fused-ring (bicyclic) bond motifs is 1. The molecule has 0 aliphatic rings. The minimum atomic E-state index is -0.428. The molecule has 0 spiro atoms. The number of carbonyl (C=O) groups is 1. The van der Waals surface area contributed by atoms with Crippen LogP contribution in [-0.2, 0) is 25.6 Å². The van der Waals surface area contributed by atoms with E-state index in [0.717, 1.165) is 33.4 Å². The molecule has 0 aliphatic carbocycles. The molecule has 2 heterocycles. The molecule has 0 fully saturated rings. The lowest BCUT2D eigenvalue weighted by Crippen LogP contribution is -2.41. The molecule has 9 nitrogen and oxygen atoms in total. The normalized spacial score (nSPS) is 11.5. The zero-order chi connectivity index (χ0) is 34.9. The quantitative estimate of drug-likeness (QED) is 0.155. The van der Waals surface area contributed by atoms with E-state index in [1.807, 2.05) is 86.8 Å². The summed E-state index contributed by atoms with van der Waals surface area (Å²) in [6.07, 6.45) is 1.77. The van der Waals surface area contributed by atoms with E-state index in [4.69, 9.17) is 14.6 Å². The molecular weight excluding hydrogens is 619 g/mol. The molecule has 0 atom stereocenters. The number of anilines is 1. The summed E-state index contributed by atoms with van der Waals surface area (Å²) in [6, 6.07) is 27.3. The number of carbonyl (C=O) groups excluding carboxylic acids is 1. The molecule has 10 heteroatoms. The lowest BCUT2D eigenvalue weighted by atomic mass is 9.92. The largest absolute Gasteiger partial charge is 0.497 e. The van der Waals surface area contributed by atoms with Crippen LogP contribution >= 0.6 is 0 Å². The topological polar surface area (TPSA) is 77.7 Å². The van der Waals surface area contributed by atoms with E-state index in [0.29, 0.717) is 28.6 Å². The van der Waals surface area contributed by atoms with Gasteiger partial charge in [0.25, 0.3) is 0 Å². The Labute approximate surface area is 286 Å². The Hall–Kier alpha value is -5.64. The summed E-state index contributed by atoms with van der Waals surface area (Å²) in [4.78, 5) is 17.9. The van der Waals surface area contributed by atoms with Crippen LogP contribution in [0.15, 0.2) is 97.2 Å². The lowest BCUT2D eigenvalue weighted by Gasteiger charge is -2.29. The highest BCUT2D eigenvalue weighted by Crippen LogP contribution is 2.32. The van der Waals surface area contributed by atoms with E-state index in [1.54, 1.807) is 45.6 Å². The first-order valence-electron chi connectivity index (χ1n) is 16.1. The smallest absolute Gasteiger partial charge is 0.326 e. The summed E-state index contributed by atoms with van der Waals surface area (Å²) in [5.41, 5.74) is 4.90. The van der Waals surface area contributed by atoms with Crippen LogP contribution in [0.3, 0.4) is 0 Å². The molecular formula is C39H41FN6O3. The molecule has 0 aliphatic heterocycles. The summed E-state index contributed by atoms with van der Waals surface area (Å²) in [5, 5.41) is 10.2. The third-order valence-corrected chi connectivity index (χ3v) is 8.50. The Morgan fingerprint density at radius 3 is 2.31 bits per heavy atom. The van der Waals surface area contributed by atoms with Gasteiger partial charge in [-0.05, 0) is 73.2 Å². The highest BCUT2D eigenvalue weighted by Gasteiger charge is 2.28. The molecule has 2 aromatic heterocycles. The van der Waals surface area contributed by atoms with Gasteiger partial charge in [-0.2, -0.15) is 10.2 Å². The third-order valence-electron chi connectivity index (χ3n) is 8.50. The minimum Gasteiger partial charge on any atom is -0.497 e. The van der Waals surface area contributed by atoms with Crippen LogP contribution in [0.5, 0.6) is 17.2 Å². The van der Waals surface area contributed by atoms with Gasteiger partial charge in [-0.15, -0.1) is 0 Å². The van der Waals surface area contributed by atoms with Gasteiger partial charge in [0.15, 0.2) is 0 Å². The first kappa shape index (κ1) is 33.3. The van der Waals surface area contributed by atoms with Crippen molar-refractivity contribution in [1.29, 1.82) is 0 Å². The van der Waals surface area contributed by atoms with Gasteiger partial charge in [-0.25, -0.2) is 13.9 Å². The van der Waals surface area contributed by atoms with Gasteiger partial charge in [-0.1, -0.05) is 50.6 Å². The highest BCUT2D eigenvalue weighted by molar-refractivity contribution is 5.91. The Kier molecular flexibility index (Phi) is 9.14. The second-order valence-corrected chi connectivity index (χ2v) is 13.3. The number of nitrogens with zero attached hydrogens (tertiary/aromatic N) is 6. The monoisotopic (exact) mass is 660 g/mol. The SMILES string of the molecule is COc1ccc(CN(Cc2cc(F)ccc2Oc2ccc3c(cnn3C)c2)C(=O)N(C)c2cc(C(C)(C)C)nn2-c2ccc(C)cc2)cc1. The fourth-order valence-corrected chi connectivity index (χ4v) is 5.61. The molecule has 6 rings (SSSR count). The first-order valence-corrected chi connectivity index (χ1v) is 16.1. The number of ether oxygens (including phenoxy) is 2. The molecule has 0 saturated heterocycles. The second kappa shape index (κ2) is 13.5. The van der Waals surface area contributed by atoms with Crippen LogP contribution in [0.1, 0.15) is 43.2 Å². The van der Waals surface area contributed by atoms with E-state index < -0.39 is 5.82 Å². The van der Waals surface area contributed by atoms with Gasteiger partial charge < -0.3 is 14.4 Å². The van der Waals surface area contributed by atoms with E-state index in [1.165, 1.54) is 12.1 Å². The van der Waals surface area contributed by atoms with E-state index >= 15 is 0 Å². The average Bonchev–Trinajstić information content (AvgIpc) is 3.70. The number of urea groups is 1. The summed E-state index contributed by atoms with van der Waals surface area (Å²) in [5.74, 6) is 1.91. The highest BCUT2D eigenvalue weighted by atomic mass is 19.1. The molecule has 0 N–H and O–H groups in total. The Morgan fingerprint density at radius 1 is 0.898 bits per heavy atom. The number of aryl methyl sites for hydroxylation is 2. The third kappa shape index (κ3) is 7.28. The number of amides is 2. The Morgan fingerprint density at radius 2 is 1.61 bits per heavy atom. The van der Waals surface area contributed by atoms with E-state index in [9.17, 15) is 9.18 Å². The van der Waals surface area contributed by atoms with Crippen LogP contribution < -0.4 is 14.4 Å². The predicted octanol–water partition coefficient (Wildman–Crippen LogP) is 8.56. The van der Waals surface area contributed by atoms with Gasteiger partial charge in [-0.3, -0.25) is 9.58 Å². The van der Waals surface area contributed by atoms with Crippen molar-refractivity contribution in [3.8, 4) is 22.9 Å². The zero-order valence-corrected chi connectivity index (χ0v) is 28.9. The zero-order valence-electron chi connectivity index (χ0n) is 28.9. The standard InChI is InChI=1S/C39H41FN6O3/c1-26-8-13-31(14-9-26)46-37(22-36(42-46)39(2,3)4)43(5)38(47)45(24-27-10-15-32(48-7)16-11-27)25-29-20-30(40)12-19-35(29)49-33-17-18-34-28(21-33)23-41-44(34)6/h8-23H,24-25H2,1-7H3. The maximum Gasteiger partial charge on any atom is 0.326 e. The van der Waals surface area contributed by atoms with Gasteiger partial charge in [0.05, 0.1) is 36.7 Å². The van der Waals surface area contributed by atoms with E-state index in [2.05, 4.69) is 25.9 Å². The van der Waals surface area contributed by atoms with Crippen LogP contribution in [0.25, 0.3) is 16.6 Å². The van der Waals surface area contributed by atoms with Crippen molar-refractivity contribution >= 4 is 22.8 Å². The molecule has 49 heavy (non-hydrogen) atoms. The van der Waals surface area contributed by atoms with Crippen molar-refractivity contribution in [3.05, 3.63) is 125 Å². The second-order valence-electron chi connectivity index (χ2n) is 13.3. The van der Waals surface area contributed by atoms with Crippen molar-refractivity contribution < 1.29 is 18.7 Å². The molecule has 4 aromatic carbocycles. The van der Waals surface area contributed by atoms with Crippen molar-refractivity contribution in [2.75, 3.05) is 19.1 Å². The molecule has 6 aromatic rings. The molecule has 2 amide bonds. The summed E-state index contributed by atoms with van der Waals surface area (Å²) >= 11 is 0. The number of halogens is 1. The number of rotatable bonds is 9. The van der Waals surface area contributed by atoms with Gasteiger partial charge in [0.2, 0.25) is 0 Å². The van der Waals surface area contributed by atoms with Gasteiger partial charge in [0.1, 0.15) is 28.9 Å². The van der Waals surface area contributed by atoms with Crippen LogP contribution in [-0.4, -0.2) is 44.6 Å². The van der Waals surface area contributed by atoms with Crippen molar-refractivity contribution in [2.45, 2.75) is 46.2 Å².